The van der Waals surface area contributed by atoms with Gasteiger partial charge in [0.15, 0.2) is 0 Å². The molecule has 1 aliphatic heterocycles. The predicted octanol–water partition coefficient (Wildman–Crippen LogP) is 3.39. The van der Waals surface area contributed by atoms with Crippen molar-refractivity contribution in [1.82, 2.24) is 25.3 Å². The molecule has 2 N–H and O–H groups in total. The second-order valence-corrected chi connectivity index (χ2v) is 10.3. The second-order valence-electron chi connectivity index (χ2n) is 9.46. The van der Waals surface area contributed by atoms with Gasteiger partial charge in [-0.05, 0) is 32.8 Å². The van der Waals surface area contributed by atoms with Crippen LogP contribution in [0.5, 0.6) is 0 Å². The monoisotopic (exact) mass is 497 g/mol. The van der Waals surface area contributed by atoms with E-state index in [4.69, 9.17) is 4.52 Å². The number of β-amino-alcohol motifs (C(OH)–C–C–N with tert-alkyl or cyclic N) is 1. The van der Waals surface area contributed by atoms with Crippen LogP contribution >= 0.6 is 11.3 Å². The Bertz CT molecular complexity index is 1190. The zero-order valence-corrected chi connectivity index (χ0v) is 21.4. The van der Waals surface area contributed by atoms with Crippen LogP contribution in [0.3, 0.4) is 0 Å². The van der Waals surface area contributed by atoms with Crippen molar-refractivity contribution in [2.75, 3.05) is 6.54 Å². The number of likely N-dealkylation sites (tertiary alicyclic amines) is 1. The predicted molar refractivity (Wildman–Crippen MR) is 132 cm³/mol. The SMILES string of the molecule is Cc1cc(C(C(=O)N2C[C@H](O)C[C@H]2C(=O)N[C@@H](C)c2ccc(-c3scnc3C)cn2)C(C)C)on1. The first kappa shape index (κ1) is 25.0. The van der Waals surface area contributed by atoms with Gasteiger partial charge in [-0.1, -0.05) is 25.1 Å². The van der Waals surface area contributed by atoms with Crippen molar-refractivity contribution in [1.29, 1.82) is 0 Å². The van der Waals surface area contributed by atoms with Crippen molar-refractivity contribution in [2.45, 2.75) is 65.1 Å². The normalized spacial score (nSPS) is 19.7. The van der Waals surface area contributed by atoms with Crippen LogP contribution in [0, 0.1) is 19.8 Å². The van der Waals surface area contributed by atoms with Crippen LogP contribution in [0.25, 0.3) is 10.4 Å². The first-order valence-electron chi connectivity index (χ1n) is 11.7. The molecule has 1 aliphatic rings. The zero-order chi connectivity index (χ0) is 25.3. The van der Waals surface area contributed by atoms with Crippen molar-refractivity contribution in [3.8, 4) is 10.4 Å². The van der Waals surface area contributed by atoms with E-state index in [2.05, 4.69) is 20.4 Å². The van der Waals surface area contributed by atoms with Crippen molar-refractivity contribution in [3.05, 3.63) is 52.7 Å². The molecule has 0 aliphatic carbocycles. The molecule has 4 atom stereocenters. The lowest BCUT2D eigenvalue weighted by molar-refractivity contribution is -0.141. The van der Waals surface area contributed by atoms with Gasteiger partial charge in [0.25, 0.3) is 0 Å². The number of nitrogens with zero attached hydrogens (tertiary/aromatic N) is 4. The van der Waals surface area contributed by atoms with E-state index in [0.717, 1.165) is 16.1 Å². The summed E-state index contributed by atoms with van der Waals surface area (Å²) in [5.74, 6) is -0.749. The number of pyridine rings is 1. The van der Waals surface area contributed by atoms with E-state index in [1.807, 2.05) is 39.8 Å². The Hall–Kier alpha value is -3.11. The van der Waals surface area contributed by atoms with Gasteiger partial charge < -0.3 is 19.8 Å². The molecular formula is C25H31N5O4S. The fourth-order valence-electron chi connectivity index (χ4n) is 4.51. The Kier molecular flexibility index (Phi) is 7.32. The zero-order valence-electron chi connectivity index (χ0n) is 20.6. The number of carbonyl (C=O) groups is 2. The third-order valence-electron chi connectivity index (χ3n) is 6.35. The molecule has 9 nitrogen and oxygen atoms in total. The molecule has 0 aromatic carbocycles. The highest BCUT2D eigenvalue weighted by molar-refractivity contribution is 7.13. The summed E-state index contributed by atoms with van der Waals surface area (Å²) in [6.07, 6.45) is 1.19. The number of rotatable bonds is 7. The maximum atomic E-state index is 13.5. The lowest BCUT2D eigenvalue weighted by atomic mass is 9.91. The second kappa shape index (κ2) is 10.2. The minimum Gasteiger partial charge on any atom is -0.391 e. The van der Waals surface area contributed by atoms with E-state index in [-0.39, 0.29) is 36.7 Å². The summed E-state index contributed by atoms with van der Waals surface area (Å²) in [5, 5.41) is 17.2. The third-order valence-corrected chi connectivity index (χ3v) is 7.32. The quantitative estimate of drug-likeness (QED) is 0.513. The molecule has 0 spiro atoms. The topological polar surface area (TPSA) is 121 Å². The fraction of sp³-hybridized carbons (Fsp3) is 0.480. The van der Waals surface area contributed by atoms with Gasteiger partial charge in [0.05, 0.1) is 39.6 Å². The van der Waals surface area contributed by atoms with Crippen LogP contribution in [-0.2, 0) is 9.59 Å². The number of aliphatic hydroxyl groups excluding tert-OH is 1. The molecule has 0 radical (unpaired) electrons. The number of hydrogen-bond acceptors (Lipinski definition) is 8. The summed E-state index contributed by atoms with van der Waals surface area (Å²) in [6, 6.07) is 4.45. The molecule has 1 unspecified atom stereocenters. The van der Waals surface area contributed by atoms with Crippen molar-refractivity contribution in [2.24, 2.45) is 5.92 Å². The Morgan fingerprint density at radius 2 is 2.00 bits per heavy atom. The summed E-state index contributed by atoms with van der Waals surface area (Å²) >= 11 is 1.56. The number of hydrogen-bond donors (Lipinski definition) is 2. The highest BCUT2D eigenvalue weighted by Crippen LogP contribution is 2.31. The van der Waals surface area contributed by atoms with Gasteiger partial charge in [-0.25, -0.2) is 4.98 Å². The molecule has 2 amide bonds. The molecule has 35 heavy (non-hydrogen) atoms. The van der Waals surface area contributed by atoms with E-state index in [1.54, 1.807) is 36.0 Å². The smallest absolute Gasteiger partial charge is 0.243 e. The van der Waals surface area contributed by atoms with Crippen LogP contribution in [0.1, 0.15) is 62.0 Å². The van der Waals surface area contributed by atoms with Gasteiger partial charge in [0.2, 0.25) is 11.8 Å². The van der Waals surface area contributed by atoms with E-state index < -0.39 is 18.1 Å². The number of aliphatic hydroxyl groups is 1. The molecular weight excluding hydrogens is 466 g/mol. The largest absolute Gasteiger partial charge is 0.391 e. The molecule has 1 fully saturated rings. The van der Waals surface area contributed by atoms with Crippen LogP contribution in [0.15, 0.2) is 34.4 Å². The number of thiazole rings is 1. The van der Waals surface area contributed by atoms with Crippen LogP contribution < -0.4 is 5.32 Å². The third kappa shape index (κ3) is 5.28. The molecule has 0 bridgehead atoms. The van der Waals surface area contributed by atoms with Gasteiger partial charge in [-0.2, -0.15) is 0 Å². The van der Waals surface area contributed by atoms with Crippen molar-refractivity contribution >= 4 is 23.2 Å². The maximum Gasteiger partial charge on any atom is 0.243 e. The summed E-state index contributed by atoms with van der Waals surface area (Å²) < 4.78 is 5.39. The van der Waals surface area contributed by atoms with E-state index >= 15 is 0 Å². The number of amides is 2. The Balaban J connectivity index is 1.47. The lowest BCUT2D eigenvalue weighted by Gasteiger charge is -2.29. The van der Waals surface area contributed by atoms with Crippen LogP contribution in [0.4, 0.5) is 0 Å². The first-order valence-corrected chi connectivity index (χ1v) is 12.6. The average molecular weight is 498 g/mol. The number of aromatic nitrogens is 3. The molecule has 186 valence electrons. The van der Waals surface area contributed by atoms with Gasteiger partial charge >= 0.3 is 0 Å². The Labute approximate surface area is 208 Å². The summed E-state index contributed by atoms with van der Waals surface area (Å²) in [4.78, 5) is 38.1. The van der Waals surface area contributed by atoms with Gasteiger partial charge in [0, 0.05) is 30.8 Å². The van der Waals surface area contributed by atoms with Crippen LogP contribution in [0.2, 0.25) is 0 Å². The standard InChI is InChI=1S/C25H31N5O4S/c1-13(2)22(21-8-14(3)29-34-21)25(33)30-11-18(31)9-20(30)24(32)28-15(4)19-7-6-17(10-26-19)23-16(5)27-12-35-23/h6-8,10,12-13,15,18,20,22,31H,9,11H2,1-5H3,(H,28,32)/t15-,18+,20-,22?/m0/s1. The molecule has 3 aromatic heterocycles. The Morgan fingerprint density at radius 3 is 2.57 bits per heavy atom. The van der Waals surface area contributed by atoms with Gasteiger partial charge in [-0.15, -0.1) is 11.3 Å². The highest BCUT2D eigenvalue weighted by atomic mass is 32.1. The molecule has 3 aromatic rings. The number of aryl methyl sites for hydroxylation is 2. The van der Waals surface area contributed by atoms with Crippen molar-refractivity contribution in [3.63, 3.8) is 0 Å². The number of nitrogens with one attached hydrogen (secondary N) is 1. The van der Waals surface area contributed by atoms with Gasteiger partial charge in [-0.3, -0.25) is 14.6 Å². The Morgan fingerprint density at radius 1 is 1.23 bits per heavy atom. The molecule has 4 rings (SSSR count). The van der Waals surface area contributed by atoms with Crippen LogP contribution in [-0.4, -0.2) is 55.6 Å². The maximum absolute atomic E-state index is 13.5. The minimum atomic E-state index is -0.774. The van der Waals surface area contributed by atoms with Crippen molar-refractivity contribution < 1.29 is 19.2 Å². The summed E-state index contributed by atoms with van der Waals surface area (Å²) in [6.45, 7) is 9.55. The van der Waals surface area contributed by atoms with E-state index in [1.165, 1.54) is 4.90 Å². The highest BCUT2D eigenvalue weighted by Gasteiger charge is 2.43. The number of carbonyl (C=O) groups excluding carboxylic acids is 2. The van der Waals surface area contributed by atoms with E-state index in [9.17, 15) is 14.7 Å². The minimum absolute atomic E-state index is 0.0693. The first-order chi connectivity index (χ1) is 16.7. The molecule has 4 heterocycles. The fourth-order valence-corrected chi connectivity index (χ4v) is 5.30. The van der Waals surface area contributed by atoms with Gasteiger partial charge in [0.1, 0.15) is 17.7 Å². The summed E-state index contributed by atoms with van der Waals surface area (Å²) in [7, 11) is 0. The molecule has 0 saturated carbocycles. The molecule has 1 saturated heterocycles. The summed E-state index contributed by atoms with van der Waals surface area (Å²) in [5.41, 5.74) is 5.13. The molecule has 10 heteroatoms. The average Bonchev–Trinajstić information content (AvgIpc) is 3.53. The lowest BCUT2D eigenvalue weighted by Crippen LogP contribution is -2.48. The van der Waals surface area contributed by atoms with E-state index in [0.29, 0.717) is 17.1 Å².